The number of nitrogens with one attached hydrogen (secondary N) is 2. The molecular weight excluding hydrogens is 397 g/mol. The summed E-state index contributed by atoms with van der Waals surface area (Å²) >= 11 is 0. The maximum atomic E-state index is 13.7. The van der Waals surface area contributed by atoms with Gasteiger partial charge in [0, 0.05) is 31.9 Å². The van der Waals surface area contributed by atoms with Crippen LogP contribution in [0.25, 0.3) is 0 Å². The topological polar surface area (TPSA) is 76.8 Å². The highest BCUT2D eigenvalue weighted by Gasteiger charge is 2.47. The molecule has 4 rings (SSSR count). The third-order valence-corrected chi connectivity index (χ3v) is 5.12. The Hall–Kier alpha value is -3.30. The van der Waals surface area contributed by atoms with Crippen LogP contribution in [0.1, 0.15) is 40.8 Å². The quantitative estimate of drug-likeness (QED) is 0.600. The zero-order chi connectivity index (χ0) is 21.1. The van der Waals surface area contributed by atoms with Crippen LogP contribution in [-0.4, -0.2) is 38.0 Å². The number of imidazole rings is 1. The molecule has 1 aromatic carbocycles. The summed E-state index contributed by atoms with van der Waals surface area (Å²) in [7, 11) is 0. The minimum Gasteiger partial charge on any atom is -0.363 e. The van der Waals surface area contributed by atoms with Crippen LogP contribution in [0.3, 0.4) is 0 Å². The van der Waals surface area contributed by atoms with Gasteiger partial charge in [0.1, 0.15) is 11.4 Å². The van der Waals surface area contributed by atoms with Crippen LogP contribution in [0.15, 0.2) is 55.2 Å². The summed E-state index contributed by atoms with van der Waals surface area (Å²) in [6, 6.07) is 6.52. The molecule has 3 aromatic rings. The van der Waals surface area contributed by atoms with Gasteiger partial charge in [-0.3, -0.25) is 4.79 Å². The molecule has 0 bridgehead atoms. The number of halogens is 3. The van der Waals surface area contributed by atoms with Gasteiger partial charge >= 0.3 is 6.18 Å². The number of rotatable bonds is 6. The van der Waals surface area contributed by atoms with Crippen LogP contribution in [0.2, 0.25) is 0 Å². The van der Waals surface area contributed by atoms with Gasteiger partial charge in [0.2, 0.25) is 0 Å². The Labute approximate surface area is 170 Å². The monoisotopic (exact) mass is 418 g/mol. The maximum Gasteiger partial charge on any atom is 0.410 e. The van der Waals surface area contributed by atoms with Crippen molar-refractivity contribution in [1.82, 2.24) is 24.6 Å². The number of hydrogen-bond acceptors (Lipinski definition) is 4. The Kier molecular flexibility index (Phi) is 5.47. The highest BCUT2D eigenvalue weighted by atomic mass is 19.4. The van der Waals surface area contributed by atoms with Crippen LogP contribution in [0, 0.1) is 0 Å². The van der Waals surface area contributed by atoms with E-state index in [-0.39, 0.29) is 17.8 Å². The Morgan fingerprint density at radius 2 is 2.07 bits per heavy atom. The van der Waals surface area contributed by atoms with Crippen molar-refractivity contribution < 1.29 is 18.0 Å². The lowest BCUT2D eigenvalue weighted by Crippen LogP contribution is -2.36. The average molecular weight is 418 g/mol. The molecule has 0 spiro atoms. The highest BCUT2D eigenvalue weighted by Crippen LogP contribution is 2.44. The molecule has 7 nitrogen and oxygen atoms in total. The molecule has 0 saturated heterocycles. The Morgan fingerprint density at radius 3 is 2.77 bits per heavy atom. The van der Waals surface area contributed by atoms with E-state index in [9.17, 15) is 18.0 Å². The Balaban J connectivity index is 1.51. The fourth-order valence-electron chi connectivity index (χ4n) is 3.61. The second kappa shape index (κ2) is 8.21. The summed E-state index contributed by atoms with van der Waals surface area (Å²) in [5.41, 5.74) is 0.832. The number of fused-ring (bicyclic) bond motifs is 1. The molecular formula is C20H21F3N6O. The second-order valence-corrected chi connectivity index (χ2v) is 7.16. The molecule has 2 unspecified atom stereocenters. The molecule has 3 heterocycles. The van der Waals surface area contributed by atoms with Crippen molar-refractivity contribution in [2.75, 3.05) is 11.9 Å². The predicted molar refractivity (Wildman–Crippen MR) is 104 cm³/mol. The first kappa shape index (κ1) is 20.0. The minimum atomic E-state index is -4.48. The lowest BCUT2D eigenvalue weighted by Gasteiger charge is -2.34. The van der Waals surface area contributed by atoms with E-state index in [0.717, 1.165) is 10.2 Å². The summed E-state index contributed by atoms with van der Waals surface area (Å²) in [6.45, 7) is 1.06. The van der Waals surface area contributed by atoms with E-state index in [4.69, 9.17) is 0 Å². The van der Waals surface area contributed by atoms with E-state index in [1.807, 2.05) is 10.8 Å². The summed E-state index contributed by atoms with van der Waals surface area (Å²) in [5, 5.41) is 9.73. The molecule has 30 heavy (non-hydrogen) atoms. The number of hydrogen-bond donors (Lipinski definition) is 2. The van der Waals surface area contributed by atoms with Gasteiger partial charge in [-0.2, -0.15) is 18.3 Å². The summed E-state index contributed by atoms with van der Waals surface area (Å²) < 4.78 is 43.9. The fourth-order valence-corrected chi connectivity index (χ4v) is 3.61. The smallest absolute Gasteiger partial charge is 0.363 e. The Bertz CT molecular complexity index is 984. The molecule has 0 radical (unpaired) electrons. The van der Waals surface area contributed by atoms with E-state index >= 15 is 0 Å². The number of nitrogens with zero attached hydrogens (tertiary/aromatic N) is 4. The first-order chi connectivity index (χ1) is 14.4. The van der Waals surface area contributed by atoms with Gasteiger partial charge in [-0.05, 0) is 12.0 Å². The number of amides is 1. The van der Waals surface area contributed by atoms with Gasteiger partial charge in [-0.1, -0.05) is 30.3 Å². The van der Waals surface area contributed by atoms with Gasteiger partial charge in [0.05, 0.1) is 18.6 Å². The minimum absolute atomic E-state index is 0.0875. The highest BCUT2D eigenvalue weighted by molar-refractivity contribution is 5.98. The third kappa shape index (κ3) is 4.17. The number of benzene rings is 1. The summed E-state index contributed by atoms with van der Waals surface area (Å²) in [4.78, 5) is 16.6. The molecule has 10 heteroatoms. The van der Waals surface area contributed by atoms with Gasteiger partial charge < -0.3 is 15.2 Å². The average Bonchev–Trinajstić information content (AvgIpc) is 3.40. The van der Waals surface area contributed by atoms with Gasteiger partial charge in [0.15, 0.2) is 6.04 Å². The molecule has 1 amide bonds. The van der Waals surface area contributed by atoms with E-state index < -0.39 is 24.2 Å². The van der Waals surface area contributed by atoms with Crippen molar-refractivity contribution in [3.8, 4) is 0 Å². The van der Waals surface area contributed by atoms with Crippen LogP contribution < -0.4 is 10.6 Å². The van der Waals surface area contributed by atoms with E-state index in [1.54, 1.807) is 42.9 Å². The standard InChI is InChI=1S/C20H21F3N6O/c21-20(22,23)17-11-16(14-5-2-1-3-6-14)27-18-15(12-26-29(17)18)19(30)25-7-4-9-28-10-8-24-13-28/h1-3,5-6,8,10,12-13,16-17,27H,4,7,9,11H2,(H,25,30). The number of carbonyl (C=O) groups excluding carboxylic acids is 1. The van der Waals surface area contributed by atoms with Crippen LogP contribution in [0.4, 0.5) is 19.0 Å². The number of aromatic nitrogens is 4. The van der Waals surface area contributed by atoms with Crippen molar-refractivity contribution in [3.05, 3.63) is 66.4 Å². The van der Waals surface area contributed by atoms with Crippen molar-refractivity contribution in [1.29, 1.82) is 0 Å². The molecule has 2 N–H and O–H groups in total. The SMILES string of the molecule is O=C(NCCCn1ccnc1)c1cnn2c1NC(c1ccccc1)CC2C(F)(F)F. The van der Waals surface area contributed by atoms with Gasteiger partial charge in [0.25, 0.3) is 5.91 Å². The molecule has 0 aliphatic carbocycles. The van der Waals surface area contributed by atoms with E-state index in [2.05, 4.69) is 20.7 Å². The van der Waals surface area contributed by atoms with Crippen LogP contribution in [0.5, 0.6) is 0 Å². The van der Waals surface area contributed by atoms with E-state index in [1.165, 1.54) is 6.20 Å². The predicted octanol–water partition coefficient (Wildman–Crippen LogP) is 3.56. The lowest BCUT2D eigenvalue weighted by molar-refractivity contribution is -0.173. The first-order valence-electron chi connectivity index (χ1n) is 9.63. The summed E-state index contributed by atoms with van der Waals surface area (Å²) in [6.07, 6.45) is 2.35. The molecule has 0 saturated carbocycles. The van der Waals surface area contributed by atoms with Crippen LogP contribution >= 0.6 is 0 Å². The number of anilines is 1. The largest absolute Gasteiger partial charge is 0.410 e. The maximum absolute atomic E-state index is 13.7. The number of aryl methyl sites for hydroxylation is 1. The normalized spacial score (nSPS) is 18.5. The molecule has 2 atom stereocenters. The van der Waals surface area contributed by atoms with Crippen molar-refractivity contribution >= 4 is 11.7 Å². The molecule has 1 aliphatic rings. The molecule has 0 fully saturated rings. The lowest BCUT2D eigenvalue weighted by atomic mass is 9.96. The molecule has 158 valence electrons. The number of alkyl halides is 3. The fraction of sp³-hybridized carbons (Fsp3) is 0.350. The van der Waals surface area contributed by atoms with Crippen molar-refractivity contribution in [2.24, 2.45) is 0 Å². The van der Waals surface area contributed by atoms with Gasteiger partial charge in [-0.25, -0.2) is 9.67 Å². The second-order valence-electron chi connectivity index (χ2n) is 7.16. The van der Waals surface area contributed by atoms with Gasteiger partial charge in [-0.15, -0.1) is 0 Å². The zero-order valence-electron chi connectivity index (χ0n) is 16.0. The molecule has 1 aliphatic heterocycles. The Morgan fingerprint density at radius 1 is 1.27 bits per heavy atom. The first-order valence-corrected chi connectivity index (χ1v) is 9.63. The zero-order valence-corrected chi connectivity index (χ0v) is 16.0. The number of carbonyl (C=O) groups is 1. The summed E-state index contributed by atoms with van der Waals surface area (Å²) in [5.74, 6) is -0.367. The third-order valence-electron chi connectivity index (χ3n) is 5.12. The van der Waals surface area contributed by atoms with Crippen molar-refractivity contribution in [2.45, 2.75) is 37.6 Å². The van der Waals surface area contributed by atoms with Crippen LogP contribution in [-0.2, 0) is 6.54 Å². The van der Waals surface area contributed by atoms with Crippen molar-refractivity contribution in [3.63, 3.8) is 0 Å². The van der Waals surface area contributed by atoms with E-state index in [0.29, 0.717) is 19.5 Å². The molecule has 2 aromatic heterocycles.